The van der Waals surface area contributed by atoms with Crippen LogP contribution in [0.5, 0.6) is 17.2 Å². The van der Waals surface area contributed by atoms with E-state index in [0.717, 1.165) is 12.0 Å². The topological polar surface area (TPSA) is 85.9 Å². The maximum atomic E-state index is 12.8. The number of aryl methyl sites for hydroxylation is 1. The molecule has 0 fully saturated rings. The summed E-state index contributed by atoms with van der Waals surface area (Å²) in [5.41, 5.74) is 2.33. The minimum absolute atomic E-state index is 0.158. The molecule has 0 bridgehead atoms. The smallest absolute Gasteiger partial charge is 0.262 e. The third-order valence-corrected chi connectivity index (χ3v) is 4.79. The quantitative estimate of drug-likeness (QED) is 0.599. The molecule has 0 saturated carbocycles. The Hall–Kier alpha value is -4.00. The number of hydrogen-bond donors (Lipinski definition) is 2. The number of nitrogens with one attached hydrogen (secondary N) is 2. The maximum Gasteiger partial charge on any atom is 0.262 e. The second kappa shape index (κ2) is 9.21. The molecule has 158 valence electrons. The van der Waals surface area contributed by atoms with E-state index in [9.17, 15) is 9.59 Å². The van der Waals surface area contributed by atoms with Crippen LogP contribution >= 0.6 is 0 Å². The van der Waals surface area contributed by atoms with Crippen molar-refractivity contribution in [2.75, 3.05) is 24.0 Å². The molecule has 7 nitrogen and oxygen atoms in total. The van der Waals surface area contributed by atoms with Crippen LogP contribution in [-0.4, -0.2) is 25.2 Å². The molecule has 2 amide bonds. The van der Waals surface area contributed by atoms with Gasteiger partial charge in [-0.25, -0.2) is 0 Å². The van der Waals surface area contributed by atoms with Crippen LogP contribution in [0.3, 0.4) is 0 Å². The molecule has 0 radical (unpaired) electrons. The largest absolute Gasteiger partial charge is 0.483 e. The molecule has 1 heterocycles. The molecule has 0 saturated heterocycles. The number of ether oxygens (including phenoxy) is 3. The molecule has 0 unspecified atom stereocenters. The van der Waals surface area contributed by atoms with E-state index in [0.29, 0.717) is 34.2 Å². The van der Waals surface area contributed by atoms with Gasteiger partial charge in [-0.2, -0.15) is 0 Å². The zero-order chi connectivity index (χ0) is 21.6. The standard InChI is InChI=1S/C24H22N2O5/c1-2-16-7-3-6-10-20(16)29-14-23(27)26-19-9-5-4-8-18(19)24(28)25-17-11-12-21-22(13-17)31-15-30-21/h3-13H,2,14-15H2,1H3,(H,25,28)(H,26,27). The van der Waals surface area contributed by atoms with Crippen molar-refractivity contribution in [3.8, 4) is 17.2 Å². The van der Waals surface area contributed by atoms with Crippen molar-refractivity contribution >= 4 is 23.2 Å². The van der Waals surface area contributed by atoms with Crippen LogP contribution in [0.15, 0.2) is 66.7 Å². The summed E-state index contributed by atoms with van der Waals surface area (Å²) in [5.74, 6) is 1.18. The highest BCUT2D eigenvalue weighted by atomic mass is 16.7. The first-order chi connectivity index (χ1) is 15.1. The summed E-state index contributed by atoms with van der Waals surface area (Å²) in [6.45, 7) is 2.03. The molecule has 2 N–H and O–H groups in total. The molecule has 1 aliphatic heterocycles. The predicted molar refractivity (Wildman–Crippen MR) is 117 cm³/mol. The first-order valence-corrected chi connectivity index (χ1v) is 9.94. The van der Waals surface area contributed by atoms with Gasteiger partial charge in [0.15, 0.2) is 18.1 Å². The van der Waals surface area contributed by atoms with Crippen molar-refractivity contribution < 1.29 is 23.8 Å². The van der Waals surface area contributed by atoms with Gasteiger partial charge in [0.1, 0.15) is 5.75 Å². The van der Waals surface area contributed by atoms with Crippen LogP contribution in [0.2, 0.25) is 0 Å². The molecule has 0 aliphatic carbocycles. The molecular formula is C24H22N2O5. The van der Waals surface area contributed by atoms with Gasteiger partial charge in [-0.3, -0.25) is 9.59 Å². The van der Waals surface area contributed by atoms with Gasteiger partial charge in [0.25, 0.3) is 11.8 Å². The highest BCUT2D eigenvalue weighted by molar-refractivity contribution is 6.10. The van der Waals surface area contributed by atoms with Gasteiger partial charge in [-0.1, -0.05) is 37.3 Å². The van der Waals surface area contributed by atoms with Gasteiger partial charge in [0.05, 0.1) is 11.3 Å². The molecular weight excluding hydrogens is 396 g/mol. The normalized spacial score (nSPS) is 11.6. The Balaban J connectivity index is 1.42. The third kappa shape index (κ3) is 4.78. The highest BCUT2D eigenvalue weighted by Crippen LogP contribution is 2.34. The first-order valence-electron chi connectivity index (χ1n) is 9.94. The molecule has 7 heteroatoms. The van der Waals surface area contributed by atoms with Crippen molar-refractivity contribution in [1.82, 2.24) is 0 Å². The number of benzene rings is 3. The summed E-state index contributed by atoms with van der Waals surface area (Å²) < 4.78 is 16.3. The van der Waals surface area contributed by atoms with Crippen molar-refractivity contribution in [2.24, 2.45) is 0 Å². The Morgan fingerprint density at radius 2 is 1.71 bits per heavy atom. The summed E-state index contributed by atoms with van der Waals surface area (Å²) in [6.07, 6.45) is 0.806. The van der Waals surface area contributed by atoms with E-state index in [4.69, 9.17) is 14.2 Å². The van der Waals surface area contributed by atoms with E-state index in [1.807, 2.05) is 31.2 Å². The average Bonchev–Trinajstić information content (AvgIpc) is 3.26. The Morgan fingerprint density at radius 3 is 2.58 bits per heavy atom. The number of rotatable bonds is 7. The van der Waals surface area contributed by atoms with Crippen LogP contribution in [0.1, 0.15) is 22.8 Å². The second-order valence-electron chi connectivity index (χ2n) is 6.87. The van der Waals surface area contributed by atoms with Crippen LogP contribution in [0.4, 0.5) is 11.4 Å². The predicted octanol–water partition coefficient (Wildman–Crippen LogP) is 4.25. The van der Waals surface area contributed by atoms with E-state index >= 15 is 0 Å². The maximum absolute atomic E-state index is 12.8. The number of carbonyl (C=O) groups excluding carboxylic acids is 2. The molecule has 31 heavy (non-hydrogen) atoms. The fourth-order valence-corrected chi connectivity index (χ4v) is 3.23. The zero-order valence-corrected chi connectivity index (χ0v) is 17.0. The molecule has 0 atom stereocenters. The van der Waals surface area contributed by atoms with E-state index in [2.05, 4.69) is 10.6 Å². The van der Waals surface area contributed by atoms with Crippen LogP contribution in [0.25, 0.3) is 0 Å². The molecule has 4 rings (SSSR count). The van der Waals surface area contributed by atoms with E-state index in [1.165, 1.54) is 0 Å². The van der Waals surface area contributed by atoms with Gasteiger partial charge in [0.2, 0.25) is 6.79 Å². The minimum Gasteiger partial charge on any atom is -0.483 e. The number of hydrogen-bond acceptors (Lipinski definition) is 5. The van der Waals surface area contributed by atoms with Crippen molar-refractivity contribution in [3.05, 3.63) is 77.9 Å². The third-order valence-electron chi connectivity index (χ3n) is 4.79. The highest BCUT2D eigenvalue weighted by Gasteiger charge is 2.17. The van der Waals surface area contributed by atoms with Crippen LogP contribution < -0.4 is 24.8 Å². The van der Waals surface area contributed by atoms with E-state index < -0.39 is 0 Å². The van der Waals surface area contributed by atoms with Gasteiger partial charge >= 0.3 is 0 Å². The summed E-state index contributed by atoms with van der Waals surface area (Å²) >= 11 is 0. The van der Waals surface area contributed by atoms with Gasteiger partial charge in [0, 0.05) is 11.8 Å². The SMILES string of the molecule is CCc1ccccc1OCC(=O)Nc1ccccc1C(=O)Nc1ccc2c(c1)OCO2. The number of amides is 2. The lowest BCUT2D eigenvalue weighted by molar-refractivity contribution is -0.118. The molecule has 3 aromatic rings. The summed E-state index contributed by atoms with van der Waals surface area (Å²) in [5, 5.41) is 5.57. The average molecular weight is 418 g/mol. The molecule has 3 aromatic carbocycles. The zero-order valence-electron chi connectivity index (χ0n) is 17.0. The monoisotopic (exact) mass is 418 g/mol. The number of anilines is 2. The van der Waals surface area contributed by atoms with Crippen molar-refractivity contribution in [3.63, 3.8) is 0 Å². The Kier molecular flexibility index (Phi) is 6.03. The van der Waals surface area contributed by atoms with E-state index in [1.54, 1.807) is 42.5 Å². The lowest BCUT2D eigenvalue weighted by Crippen LogP contribution is -2.23. The first kappa shape index (κ1) is 20.3. The number of para-hydroxylation sites is 2. The summed E-state index contributed by atoms with van der Waals surface area (Å²) in [6, 6.07) is 19.5. The fraction of sp³-hybridized carbons (Fsp3) is 0.167. The number of fused-ring (bicyclic) bond motifs is 1. The second-order valence-corrected chi connectivity index (χ2v) is 6.87. The van der Waals surface area contributed by atoms with Crippen molar-refractivity contribution in [2.45, 2.75) is 13.3 Å². The Labute approximate surface area is 179 Å². The lowest BCUT2D eigenvalue weighted by Gasteiger charge is -2.13. The molecule has 0 spiro atoms. The van der Waals surface area contributed by atoms with Crippen LogP contribution in [0, 0.1) is 0 Å². The Bertz CT molecular complexity index is 1110. The summed E-state index contributed by atoms with van der Waals surface area (Å²) in [4.78, 5) is 25.3. The van der Waals surface area contributed by atoms with Gasteiger partial charge in [-0.15, -0.1) is 0 Å². The van der Waals surface area contributed by atoms with Gasteiger partial charge in [-0.05, 0) is 42.3 Å². The Morgan fingerprint density at radius 1 is 0.935 bits per heavy atom. The summed E-state index contributed by atoms with van der Waals surface area (Å²) in [7, 11) is 0. The minimum atomic E-state index is -0.355. The van der Waals surface area contributed by atoms with Crippen molar-refractivity contribution in [1.29, 1.82) is 0 Å². The number of carbonyl (C=O) groups is 2. The lowest BCUT2D eigenvalue weighted by atomic mass is 10.1. The van der Waals surface area contributed by atoms with E-state index in [-0.39, 0.29) is 25.2 Å². The molecule has 1 aliphatic rings. The fourth-order valence-electron chi connectivity index (χ4n) is 3.23. The van der Waals surface area contributed by atoms with Gasteiger partial charge < -0.3 is 24.8 Å². The van der Waals surface area contributed by atoms with Crippen LogP contribution in [-0.2, 0) is 11.2 Å². The molecule has 0 aromatic heterocycles.